The highest BCUT2D eigenvalue weighted by Crippen LogP contribution is 2.13. The summed E-state index contributed by atoms with van der Waals surface area (Å²) in [5, 5.41) is 3.14. The molecular weight excluding hydrogens is 234 g/mol. The van der Waals surface area contributed by atoms with E-state index in [4.69, 9.17) is 4.55 Å². The Hall–Kier alpha value is -0.790. The van der Waals surface area contributed by atoms with Gasteiger partial charge in [0.15, 0.2) is 5.04 Å². The Morgan fingerprint density at radius 1 is 1.53 bits per heavy atom. The van der Waals surface area contributed by atoms with Crippen molar-refractivity contribution in [3.63, 3.8) is 0 Å². The van der Waals surface area contributed by atoms with E-state index in [0.717, 1.165) is 11.8 Å². The molecule has 7 heteroatoms. The van der Waals surface area contributed by atoms with E-state index in [1.807, 2.05) is 0 Å². The van der Waals surface area contributed by atoms with Crippen LogP contribution in [-0.2, 0) is 4.79 Å². The molecule has 0 aliphatic heterocycles. The van der Waals surface area contributed by atoms with E-state index in [0.29, 0.717) is 5.04 Å². The minimum atomic E-state index is -0.497. The van der Waals surface area contributed by atoms with Crippen molar-refractivity contribution >= 4 is 39.0 Å². The molecule has 0 aromatic rings. The van der Waals surface area contributed by atoms with Gasteiger partial charge in [-0.05, 0) is 6.92 Å². The third-order valence-corrected chi connectivity index (χ3v) is 2.70. The Morgan fingerprint density at radius 2 is 2.20 bits per heavy atom. The Kier molecular flexibility index (Phi) is 8.06. The van der Waals surface area contributed by atoms with E-state index in [1.165, 1.54) is 6.20 Å². The Morgan fingerprint density at radius 3 is 2.67 bits per heavy atom. The summed E-state index contributed by atoms with van der Waals surface area (Å²) in [6.07, 6.45) is 3.02. The monoisotopic (exact) mass is 247 g/mol. The van der Waals surface area contributed by atoms with Gasteiger partial charge in [0.1, 0.15) is 0 Å². The van der Waals surface area contributed by atoms with Crippen LogP contribution in [0.4, 0.5) is 0 Å². The highest BCUT2D eigenvalue weighted by Gasteiger charge is 2.12. The van der Waals surface area contributed by atoms with Crippen molar-refractivity contribution < 1.29 is 9.35 Å². The summed E-state index contributed by atoms with van der Waals surface area (Å²) in [5.41, 5.74) is 0. The summed E-state index contributed by atoms with van der Waals surface area (Å²) in [4.78, 5) is 19.0. The average Bonchev–Trinajstić information content (AvgIpc) is 2.26. The Bertz CT molecular complexity index is 300. The van der Waals surface area contributed by atoms with E-state index in [1.54, 1.807) is 27.2 Å². The molecule has 84 valence electrons. The summed E-state index contributed by atoms with van der Waals surface area (Å²) in [6, 6.07) is 0. The lowest BCUT2D eigenvalue weighted by atomic mass is 10.8. The van der Waals surface area contributed by atoms with Gasteiger partial charge in [-0.2, -0.15) is 0 Å². The molecule has 0 saturated carbocycles. The van der Waals surface area contributed by atoms with E-state index < -0.39 is 5.12 Å². The molecule has 0 fully saturated rings. The lowest BCUT2D eigenvalue weighted by Gasteiger charge is -1.99. The largest absolute Gasteiger partial charge is 0.393 e. The minimum absolute atomic E-state index is 0.144. The summed E-state index contributed by atoms with van der Waals surface area (Å²) >= 11 is 1.26. The van der Waals surface area contributed by atoms with Gasteiger partial charge in [0, 0.05) is 26.5 Å². The second-order valence-electron chi connectivity index (χ2n) is 2.26. The first-order chi connectivity index (χ1) is 7.15. The maximum atomic E-state index is 11.2. The molecule has 0 bridgehead atoms. The predicted octanol–water partition coefficient (Wildman–Crippen LogP) is 1.59. The van der Waals surface area contributed by atoms with Crippen molar-refractivity contribution in [2.75, 3.05) is 14.1 Å². The van der Waals surface area contributed by atoms with Crippen LogP contribution in [0.3, 0.4) is 0 Å². The fourth-order valence-corrected chi connectivity index (χ4v) is 1.46. The minimum Gasteiger partial charge on any atom is -0.393 e. The van der Waals surface area contributed by atoms with Crippen LogP contribution in [0.5, 0.6) is 0 Å². The molecule has 0 aliphatic rings. The second-order valence-corrected chi connectivity index (χ2v) is 4.00. The van der Waals surface area contributed by atoms with Crippen LogP contribution < -0.4 is 5.32 Å². The normalized spacial score (nSPS) is 13.3. The van der Waals surface area contributed by atoms with Gasteiger partial charge in [0.05, 0.1) is 17.1 Å². The number of aliphatic imine (C=N–C) groups is 2. The van der Waals surface area contributed by atoms with Gasteiger partial charge < -0.3 is 9.87 Å². The highest BCUT2D eigenvalue weighted by atomic mass is 32.2. The molecule has 15 heavy (non-hydrogen) atoms. The van der Waals surface area contributed by atoms with Crippen LogP contribution in [0.15, 0.2) is 22.4 Å². The fourth-order valence-electron chi connectivity index (χ4n) is 0.525. The van der Waals surface area contributed by atoms with Crippen molar-refractivity contribution in [1.82, 2.24) is 5.32 Å². The maximum Gasteiger partial charge on any atom is 0.271 e. The van der Waals surface area contributed by atoms with Gasteiger partial charge >= 0.3 is 0 Å². The Labute approximate surface area is 97.4 Å². The van der Waals surface area contributed by atoms with Crippen molar-refractivity contribution in [3.05, 3.63) is 12.4 Å². The zero-order chi connectivity index (χ0) is 11.7. The number of hydrogen-bond donors (Lipinski definition) is 2. The number of carbonyl (C=O) groups is 1. The highest BCUT2D eigenvalue weighted by molar-refractivity contribution is 8.31. The molecule has 0 saturated heterocycles. The molecule has 0 radical (unpaired) electrons. The topological polar surface area (TPSA) is 74.0 Å². The van der Waals surface area contributed by atoms with Gasteiger partial charge in [-0.25, -0.2) is 4.99 Å². The van der Waals surface area contributed by atoms with E-state index >= 15 is 0 Å². The van der Waals surface area contributed by atoms with E-state index in [-0.39, 0.29) is 17.1 Å². The van der Waals surface area contributed by atoms with Gasteiger partial charge in [-0.15, -0.1) is 0 Å². The first-order valence-electron chi connectivity index (χ1n) is 4.02. The average molecular weight is 247 g/mol. The fraction of sp³-hybridized carbons (Fsp3) is 0.375. The lowest BCUT2D eigenvalue weighted by molar-refractivity contribution is -0.105. The molecule has 0 unspecified atom stereocenters. The zero-order valence-electron chi connectivity index (χ0n) is 8.72. The van der Waals surface area contributed by atoms with Crippen molar-refractivity contribution in [2.45, 2.75) is 6.92 Å². The van der Waals surface area contributed by atoms with Crippen molar-refractivity contribution in [1.29, 1.82) is 0 Å². The second kappa shape index (κ2) is 8.51. The lowest BCUT2D eigenvalue weighted by Crippen LogP contribution is -2.07. The summed E-state index contributed by atoms with van der Waals surface area (Å²) in [7, 11) is 3.35. The van der Waals surface area contributed by atoms with Crippen LogP contribution in [0.2, 0.25) is 0 Å². The standard InChI is InChI=1S/C8H13N3O2S2/c1-6(10-3)14-7(8(12)15-13)11-5-4-9-2/h4-5,9,13H,1-3H3/b5-4+,10-6?,11-7?. The maximum absolute atomic E-state index is 11.2. The van der Waals surface area contributed by atoms with Crippen LogP contribution in [0.1, 0.15) is 6.92 Å². The number of rotatable bonds is 2. The summed E-state index contributed by atoms with van der Waals surface area (Å²) in [6.45, 7) is 1.76. The molecule has 0 aliphatic carbocycles. The molecule has 0 rings (SSSR count). The number of thioether (sulfide) groups is 1. The third kappa shape index (κ3) is 6.32. The molecule has 0 spiro atoms. The van der Waals surface area contributed by atoms with Crippen molar-refractivity contribution in [3.8, 4) is 0 Å². The van der Waals surface area contributed by atoms with E-state index in [9.17, 15) is 4.79 Å². The van der Waals surface area contributed by atoms with Gasteiger partial charge in [-0.1, -0.05) is 11.8 Å². The smallest absolute Gasteiger partial charge is 0.271 e. The van der Waals surface area contributed by atoms with Gasteiger partial charge in [0.2, 0.25) is 0 Å². The van der Waals surface area contributed by atoms with Gasteiger partial charge in [0.25, 0.3) is 5.12 Å². The molecule has 0 heterocycles. The first kappa shape index (κ1) is 14.2. The van der Waals surface area contributed by atoms with Crippen LogP contribution in [0.25, 0.3) is 0 Å². The molecule has 0 aromatic carbocycles. The number of nitrogens with zero attached hydrogens (tertiary/aromatic N) is 2. The van der Waals surface area contributed by atoms with Crippen LogP contribution in [0, 0.1) is 0 Å². The van der Waals surface area contributed by atoms with Crippen LogP contribution in [-0.4, -0.2) is 33.9 Å². The number of nitrogens with one attached hydrogen (secondary N) is 1. The number of hydrogen-bond acceptors (Lipinski definition) is 7. The van der Waals surface area contributed by atoms with Crippen molar-refractivity contribution in [2.24, 2.45) is 9.98 Å². The molecular formula is C8H13N3O2S2. The molecule has 0 atom stereocenters. The molecule has 0 aromatic heterocycles. The zero-order valence-corrected chi connectivity index (χ0v) is 10.4. The first-order valence-corrected chi connectivity index (χ1v) is 5.61. The summed E-state index contributed by atoms with van der Waals surface area (Å²) < 4.78 is 8.64. The Balaban J connectivity index is 4.65. The SMILES string of the molecule is CN=C(C)SC(=N/C=C/NC)C(=O)SO. The van der Waals surface area contributed by atoms with Gasteiger partial charge in [-0.3, -0.25) is 9.79 Å². The van der Waals surface area contributed by atoms with Crippen LogP contribution >= 0.6 is 23.8 Å². The molecule has 2 N–H and O–H groups in total. The quantitative estimate of drug-likeness (QED) is 0.440. The summed E-state index contributed by atoms with van der Waals surface area (Å²) in [5.74, 6) is 0. The predicted molar refractivity (Wildman–Crippen MR) is 67.5 cm³/mol. The van der Waals surface area contributed by atoms with E-state index in [2.05, 4.69) is 15.3 Å². The number of carbonyl (C=O) groups excluding carboxylic acids is 1. The third-order valence-electron chi connectivity index (χ3n) is 1.25. The molecule has 0 amide bonds. The molecule has 5 nitrogen and oxygen atoms in total.